The maximum atomic E-state index is 12.3. The Morgan fingerprint density at radius 1 is 1.27 bits per heavy atom. The molecule has 0 heterocycles. The van der Waals surface area contributed by atoms with E-state index in [1.807, 2.05) is 0 Å². The fraction of sp³-hybridized carbons (Fsp3) is 0.364. The van der Waals surface area contributed by atoms with Crippen molar-refractivity contribution >= 4 is 5.78 Å². The average molecular weight is 216 g/mol. The molecule has 0 atom stereocenters. The van der Waals surface area contributed by atoms with Gasteiger partial charge in [0.15, 0.2) is 5.78 Å². The van der Waals surface area contributed by atoms with Gasteiger partial charge in [-0.25, -0.2) is 0 Å². The molecular weight excluding hydrogens is 205 g/mol. The zero-order chi connectivity index (χ0) is 11.6. The van der Waals surface area contributed by atoms with Crippen LogP contribution in [-0.4, -0.2) is 5.78 Å². The van der Waals surface area contributed by atoms with Crippen LogP contribution in [0.3, 0.4) is 0 Å². The van der Waals surface area contributed by atoms with Gasteiger partial charge in [0.1, 0.15) is 0 Å². The number of rotatable bonds is 2. The number of ketones is 1. The van der Waals surface area contributed by atoms with E-state index >= 15 is 0 Å². The monoisotopic (exact) mass is 216 g/mol. The molecule has 0 fully saturated rings. The summed E-state index contributed by atoms with van der Waals surface area (Å²) < 4.78 is 37.0. The molecule has 0 aliphatic heterocycles. The molecule has 0 N–H and O–H groups in total. The molecular formula is C11H11F3O. The van der Waals surface area contributed by atoms with Crippen molar-refractivity contribution < 1.29 is 18.0 Å². The van der Waals surface area contributed by atoms with Crippen LogP contribution in [0.25, 0.3) is 0 Å². The fourth-order valence-corrected chi connectivity index (χ4v) is 1.18. The van der Waals surface area contributed by atoms with E-state index in [0.717, 1.165) is 12.1 Å². The topological polar surface area (TPSA) is 17.1 Å². The Hall–Kier alpha value is -1.32. The molecule has 0 unspecified atom stereocenters. The summed E-state index contributed by atoms with van der Waals surface area (Å²) in [5.41, 5.74) is -0.672. The second-order valence-electron chi connectivity index (χ2n) is 3.60. The zero-order valence-corrected chi connectivity index (χ0v) is 8.43. The van der Waals surface area contributed by atoms with E-state index in [9.17, 15) is 18.0 Å². The first-order chi connectivity index (χ1) is 6.82. The first kappa shape index (κ1) is 11.8. The quantitative estimate of drug-likeness (QED) is 0.691. The highest BCUT2D eigenvalue weighted by molar-refractivity contribution is 5.97. The van der Waals surface area contributed by atoms with Gasteiger partial charge < -0.3 is 0 Å². The van der Waals surface area contributed by atoms with E-state index in [-0.39, 0.29) is 17.3 Å². The van der Waals surface area contributed by atoms with E-state index in [0.29, 0.717) is 0 Å². The summed E-state index contributed by atoms with van der Waals surface area (Å²) in [6.07, 6.45) is -4.40. The normalized spacial score (nSPS) is 11.9. The highest BCUT2D eigenvalue weighted by Gasteiger charge is 2.30. The Labute approximate surface area is 85.9 Å². The molecule has 0 amide bonds. The Morgan fingerprint density at radius 3 is 2.33 bits per heavy atom. The minimum absolute atomic E-state index is 0.111. The summed E-state index contributed by atoms with van der Waals surface area (Å²) in [7, 11) is 0. The fourth-order valence-electron chi connectivity index (χ4n) is 1.18. The van der Waals surface area contributed by atoms with Gasteiger partial charge in [0, 0.05) is 11.5 Å². The lowest BCUT2D eigenvalue weighted by molar-refractivity contribution is -0.137. The summed E-state index contributed by atoms with van der Waals surface area (Å²) in [5, 5.41) is 0. The van der Waals surface area contributed by atoms with Crippen molar-refractivity contribution in [3.63, 3.8) is 0 Å². The third kappa shape index (κ3) is 2.81. The predicted molar refractivity (Wildman–Crippen MR) is 50.6 cm³/mol. The Morgan fingerprint density at radius 2 is 1.87 bits per heavy atom. The van der Waals surface area contributed by atoms with Crippen molar-refractivity contribution in [1.82, 2.24) is 0 Å². The maximum absolute atomic E-state index is 12.3. The molecule has 0 spiro atoms. The number of hydrogen-bond donors (Lipinski definition) is 0. The first-order valence-corrected chi connectivity index (χ1v) is 4.54. The van der Waals surface area contributed by atoms with E-state index in [1.54, 1.807) is 13.8 Å². The Balaban J connectivity index is 3.09. The third-order valence-corrected chi connectivity index (χ3v) is 2.00. The molecule has 4 heteroatoms. The highest BCUT2D eigenvalue weighted by atomic mass is 19.4. The van der Waals surface area contributed by atoms with Crippen LogP contribution in [0.4, 0.5) is 13.2 Å². The van der Waals surface area contributed by atoms with Crippen LogP contribution >= 0.6 is 0 Å². The van der Waals surface area contributed by atoms with Crippen LogP contribution in [0.5, 0.6) is 0 Å². The number of halogens is 3. The molecule has 0 aliphatic carbocycles. The van der Waals surface area contributed by atoms with E-state index in [4.69, 9.17) is 0 Å². The van der Waals surface area contributed by atoms with Gasteiger partial charge in [-0.15, -0.1) is 0 Å². The number of carbonyl (C=O) groups is 1. The molecule has 82 valence electrons. The summed E-state index contributed by atoms with van der Waals surface area (Å²) in [6, 6.07) is 4.50. The first-order valence-electron chi connectivity index (χ1n) is 4.54. The summed E-state index contributed by atoms with van der Waals surface area (Å²) in [5.74, 6) is -0.574. The van der Waals surface area contributed by atoms with Crippen LogP contribution < -0.4 is 0 Å². The molecule has 1 nitrogen and oxygen atoms in total. The van der Waals surface area contributed by atoms with Crippen LogP contribution in [0, 0.1) is 5.92 Å². The number of benzene rings is 1. The van der Waals surface area contributed by atoms with Gasteiger partial charge in [-0.3, -0.25) is 4.79 Å². The molecule has 0 aromatic heterocycles. The number of alkyl halides is 3. The Kier molecular flexibility index (Phi) is 3.17. The van der Waals surface area contributed by atoms with Gasteiger partial charge in [-0.05, 0) is 12.1 Å². The van der Waals surface area contributed by atoms with E-state index in [2.05, 4.69) is 0 Å². The second-order valence-corrected chi connectivity index (χ2v) is 3.60. The lowest BCUT2D eigenvalue weighted by Crippen LogP contribution is -2.10. The number of Topliss-reactive ketones (excluding diaryl/α,β-unsaturated/α-hetero) is 1. The molecule has 0 aliphatic rings. The van der Waals surface area contributed by atoms with Crippen molar-refractivity contribution in [2.45, 2.75) is 20.0 Å². The molecule has 0 saturated carbocycles. The molecule has 0 saturated heterocycles. The van der Waals surface area contributed by atoms with Crippen LogP contribution in [-0.2, 0) is 6.18 Å². The summed E-state index contributed by atoms with van der Waals surface area (Å²) in [6.45, 7) is 3.31. The van der Waals surface area contributed by atoms with Crippen molar-refractivity contribution in [2.75, 3.05) is 0 Å². The summed E-state index contributed by atoms with van der Waals surface area (Å²) >= 11 is 0. The zero-order valence-electron chi connectivity index (χ0n) is 8.43. The van der Waals surface area contributed by atoms with Crippen molar-refractivity contribution in [2.24, 2.45) is 5.92 Å². The molecule has 1 aromatic carbocycles. The maximum Gasteiger partial charge on any atom is 0.416 e. The smallest absolute Gasteiger partial charge is 0.294 e. The van der Waals surface area contributed by atoms with Crippen LogP contribution in [0.1, 0.15) is 29.8 Å². The van der Waals surface area contributed by atoms with E-state index in [1.165, 1.54) is 12.1 Å². The average Bonchev–Trinajstić information content (AvgIpc) is 2.15. The lowest BCUT2D eigenvalue weighted by atomic mass is 9.99. The number of carbonyl (C=O) groups excluding carboxylic acids is 1. The molecule has 15 heavy (non-hydrogen) atoms. The van der Waals surface area contributed by atoms with Gasteiger partial charge in [-0.1, -0.05) is 26.0 Å². The standard InChI is InChI=1S/C11H11F3O/c1-7(2)10(15)8-4-3-5-9(6-8)11(12,13)14/h3-7H,1-2H3. The van der Waals surface area contributed by atoms with Gasteiger partial charge in [0.2, 0.25) is 0 Å². The summed E-state index contributed by atoms with van der Waals surface area (Å²) in [4.78, 5) is 11.5. The molecule has 0 radical (unpaired) electrons. The van der Waals surface area contributed by atoms with Crippen molar-refractivity contribution in [3.05, 3.63) is 35.4 Å². The lowest BCUT2D eigenvalue weighted by Gasteiger charge is -2.09. The van der Waals surface area contributed by atoms with Crippen molar-refractivity contribution in [3.8, 4) is 0 Å². The van der Waals surface area contributed by atoms with Gasteiger partial charge in [-0.2, -0.15) is 13.2 Å². The van der Waals surface area contributed by atoms with Crippen LogP contribution in [0.2, 0.25) is 0 Å². The molecule has 1 rings (SSSR count). The van der Waals surface area contributed by atoms with E-state index < -0.39 is 11.7 Å². The highest BCUT2D eigenvalue weighted by Crippen LogP contribution is 2.29. The van der Waals surface area contributed by atoms with Gasteiger partial charge in [0.25, 0.3) is 0 Å². The minimum Gasteiger partial charge on any atom is -0.294 e. The molecule has 0 bridgehead atoms. The van der Waals surface area contributed by atoms with Crippen LogP contribution in [0.15, 0.2) is 24.3 Å². The second kappa shape index (κ2) is 4.04. The van der Waals surface area contributed by atoms with Crippen molar-refractivity contribution in [1.29, 1.82) is 0 Å². The third-order valence-electron chi connectivity index (χ3n) is 2.00. The SMILES string of the molecule is CC(C)C(=O)c1cccc(C(F)(F)F)c1. The van der Waals surface area contributed by atoms with Gasteiger partial charge >= 0.3 is 6.18 Å². The minimum atomic E-state index is -4.40. The largest absolute Gasteiger partial charge is 0.416 e. The Bertz CT molecular complexity index is 366. The van der Waals surface area contributed by atoms with Gasteiger partial charge in [0.05, 0.1) is 5.56 Å². The predicted octanol–water partition coefficient (Wildman–Crippen LogP) is 3.54. The number of hydrogen-bond acceptors (Lipinski definition) is 1. The molecule has 1 aromatic rings.